The summed E-state index contributed by atoms with van der Waals surface area (Å²) in [6, 6.07) is 6.36. The molecule has 1 heterocycles. The molecule has 1 aromatic carbocycles. The molecule has 2 heteroatoms. The molecule has 0 aliphatic carbocycles. The first-order valence-electron chi connectivity index (χ1n) is 7.24. The third-order valence-corrected chi connectivity index (χ3v) is 4.17. The van der Waals surface area contributed by atoms with Crippen molar-refractivity contribution in [2.45, 2.75) is 64.4 Å². The summed E-state index contributed by atoms with van der Waals surface area (Å²) in [7, 11) is 0. The summed E-state index contributed by atoms with van der Waals surface area (Å²) in [5, 5.41) is 0. The maximum Gasteiger partial charge on any atom is 0.122 e. The predicted molar refractivity (Wildman–Crippen MR) is 80.3 cm³/mol. The summed E-state index contributed by atoms with van der Waals surface area (Å²) in [5.74, 6) is 1.10. The van der Waals surface area contributed by atoms with Gasteiger partial charge in [-0.15, -0.1) is 0 Å². The molecule has 0 amide bonds. The lowest BCUT2D eigenvalue weighted by atomic mass is 9.98. The Hall–Kier alpha value is -0.500. The molecule has 2 rings (SSSR count). The van der Waals surface area contributed by atoms with Crippen molar-refractivity contribution in [1.82, 2.24) is 0 Å². The Bertz CT molecular complexity index is 375. The zero-order chi connectivity index (χ0) is 12.8. The fraction of sp³-hybridized carbons (Fsp3) is 0.625. The number of rotatable bonds is 6. The van der Waals surface area contributed by atoms with Crippen LogP contribution in [0, 0.1) is 0 Å². The molecule has 1 aliphatic rings. The smallest absolute Gasteiger partial charge is 0.122 e. The molecule has 1 aromatic rings. The minimum atomic E-state index is 0.445. The van der Waals surface area contributed by atoms with Gasteiger partial charge in [-0.25, -0.2) is 0 Å². The third kappa shape index (κ3) is 4.01. The van der Waals surface area contributed by atoms with Crippen molar-refractivity contribution in [2.75, 3.05) is 0 Å². The lowest BCUT2D eigenvalue weighted by molar-refractivity contribution is 0.160. The van der Waals surface area contributed by atoms with Gasteiger partial charge in [-0.1, -0.05) is 48.5 Å². The fourth-order valence-electron chi connectivity index (χ4n) is 2.59. The molecule has 1 atom stereocenters. The molecule has 0 N–H and O–H groups in total. The number of benzene rings is 1. The average molecular weight is 311 g/mol. The van der Waals surface area contributed by atoms with Crippen LogP contribution in [0.3, 0.4) is 0 Å². The number of unbranched alkanes of at least 4 members (excludes halogenated alkanes) is 4. The van der Waals surface area contributed by atoms with Crippen LogP contribution in [0.15, 0.2) is 22.7 Å². The van der Waals surface area contributed by atoms with E-state index in [0.717, 1.165) is 16.6 Å². The van der Waals surface area contributed by atoms with Crippen molar-refractivity contribution in [1.29, 1.82) is 0 Å². The molecular formula is C16H23BrO. The molecule has 0 radical (unpaired) electrons. The number of aryl methyl sites for hydroxylation is 1. The Kier molecular flexibility index (Phi) is 5.55. The van der Waals surface area contributed by atoms with Gasteiger partial charge in [0.25, 0.3) is 0 Å². The quantitative estimate of drug-likeness (QED) is 0.630. The number of ether oxygens (including phenoxy) is 1. The van der Waals surface area contributed by atoms with Gasteiger partial charge < -0.3 is 4.74 Å². The Balaban J connectivity index is 1.76. The Morgan fingerprint density at radius 1 is 1.22 bits per heavy atom. The second kappa shape index (κ2) is 7.18. The fourth-order valence-corrected chi connectivity index (χ4v) is 3.00. The van der Waals surface area contributed by atoms with E-state index in [2.05, 4.69) is 41.1 Å². The van der Waals surface area contributed by atoms with Crippen LogP contribution in [0.25, 0.3) is 0 Å². The zero-order valence-corrected chi connectivity index (χ0v) is 12.8. The van der Waals surface area contributed by atoms with Crippen LogP contribution >= 0.6 is 15.9 Å². The molecule has 0 saturated carbocycles. The second-order valence-electron chi connectivity index (χ2n) is 5.23. The monoisotopic (exact) mass is 310 g/mol. The molecule has 1 aliphatic heterocycles. The maximum absolute atomic E-state index is 6.07. The van der Waals surface area contributed by atoms with Crippen LogP contribution in [-0.4, -0.2) is 6.10 Å². The molecule has 0 saturated heterocycles. The third-order valence-electron chi connectivity index (χ3n) is 3.68. The van der Waals surface area contributed by atoms with Gasteiger partial charge in [0.05, 0.1) is 6.10 Å². The van der Waals surface area contributed by atoms with E-state index in [9.17, 15) is 0 Å². The summed E-state index contributed by atoms with van der Waals surface area (Å²) in [6.07, 6.45) is 10.8. The standard InChI is InChI=1S/C16H23BrO/c1-2-3-4-5-6-7-15-10-8-13-12-14(17)9-11-16(13)18-15/h9,11-12,15H,2-8,10H2,1H3. The molecule has 1 unspecified atom stereocenters. The highest BCUT2D eigenvalue weighted by Gasteiger charge is 2.19. The lowest BCUT2D eigenvalue weighted by Crippen LogP contribution is -2.22. The van der Waals surface area contributed by atoms with Crippen molar-refractivity contribution >= 4 is 15.9 Å². The van der Waals surface area contributed by atoms with Crippen LogP contribution in [0.1, 0.15) is 57.4 Å². The van der Waals surface area contributed by atoms with Gasteiger partial charge in [0, 0.05) is 4.47 Å². The summed E-state index contributed by atoms with van der Waals surface area (Å²) in [6.45, 7) is 2.26. The van der Waals surface area contributed by atoms with E-state index in [0.29, 0.717) is 6.10 Å². The molecule has 100 valence electrons. The summed E-state index contributed by atoms with van der Waals surface area (Å²) in [5.41, 5.74) is 1.35. The van der Waals surface area contributed by atoms with E-state index in [1.54, 1.807) is 0 Å². The highest BCUT2D eigenvalue weighted by molar-refractivity contribution is 9.10. The van der Waals surface area contributed by atoms with Crippen LogP contribution in [-0.2, 0) is 6.42 Å². The Morgan fingerprint density at radius 2 is 2.06 bits per heavy atom. The van der Waals surface area contributed by atoms with Crippen molar-refractivity contribution in [3.8, 4) is 5.75 Å². The Labute approximate surface area is 119 Å². The van der Waals surface area contributed by atoms with Gasteiger partial charge in [-0.2, -0.15) is 0 Å². The van der Waals surface area contributed by atoms with Crippen LogP contribution in [0.2, 0.25) is 0 Å². The van der Waals surface area contributed by atoms with E-state index in [1.165, 1.54) is 50.5 Å². The molecule has 18 heavy (non-hydrogen) atoms. The van der Waals surface area contributed by atoms with Crippen molar-refractivity contribution in [2.24, 2.45) is 0 Å². The van der Waals surface area contributed by atoms with Gasteiger partial charge in [0.15, 0.2) is 0 Å². The summed E-state index contributed by atoms with van der Waals surface area (Å²) < 4.78 is 7.23. The van der Waals surface area contributed by atoms with Crippen molar-refractivity contribution in [3.05, 3.63) is 28.2 Å². The highest BCUT2D eigenvalue weighted by atomic mass is 79.9. The lowest BCUT2D eigenvalue weighted by Gasteiger charge is -2.26. The second-order valence-corrected chi connectivity index (χ2v) is 6.15. The normalized spacial score (nSPS) is 18.2. The van der Waals surface area contributed by atoms with Crippen molar-refractivity contribution < 1.29 is 4.74 Å². The molecule has 0 spiro atoms. The van der Waals surface area contributed by atoms with Crippen LogP contribution in [0.5, 0.6) is 5.75 Å². The first kappa shape index (κ1) is 13.9. The van der Waals surface area contributed by atoms with Crippen molar-refractivity contribution in [3.63, 3.8) is 0 Å². The van der Waals surface area contributed by atoms with E-state index in [4.69, 9.17) is 4.74 Å². The predicted octanol–water partition coefficient (Wildman–Crippen LogP) is 5.50. The van der Waals surface area contributed by atoms with Gasteiger partial charge >= 0.3 is 0 Å². The summed E-state index contributed by atoms with van der Waals surface area (Å²) in [4.78, 5) is 0. The van der Waals surface area contributed by atoms with Gasteiger partial charge in [0.1, 0.15) is 5.75 Å². The molecule has 1 nitrogen and oxygen atoms in total. The number of fused-ring (bicyclic) bond motifs is 1. The van der Waals surface area contributed by atoms with Gasteiger partial charge in [0.2, 0.25) is 0 Å². The number of hydrogen-bond acceptors (Lipinski definition) is 1. The molecule has 0 aromatic heterocycles. The van der Waals surface area contributed by atoms with Gasteiger partial charge in [-0.05, 0) is 49.4 Å². The average Bonchev–Trinajstić information content (AvgIpc) is 2.38. The first-order valence-corrected chi connectivity index (χ1v) is 8.04. The van der Waals surface area contributed by atoms with Crippen LogP contribution in [0.4, 0.5) is 0 Å². The number of hydrogen-bond donors (Lipinski definition) is 0. The van der Waals surface area contributed by atoms with Crippen LogP contribution < -0.4 is 4.74 Å². The first-order chi connectivity index (χ1) is 8.79. The molecular weight excluding hydrogens is 288 g/mol. The minimum absolute atomic E-state index is 0.445. The van der Waals surface area contributed by atoms with E-state index >= 15 is 0 Å². The van der Waals surface area contributed by atoms with Gasteiger partial charge in [-0.3, -0.25) is 0 Å². The number of halogens is 1. The highest BCUT2D eigenvalue weighted by Crippen LogP contribution is 2.31. The van der Waals surface area contributed by atoms with E-state index in [-0.39, 0.29) is 0 Å². The zero-order valence-electron chi connectivity index (χ0n) is 11.3. The minimum Gasteiger partial charge on any atom is -0.490 e. The topological polar surface area (TPSA) is 9.23 Å². The maximum atomic E-state index is 6.07. The summed E-state index contributed by atoms with van der Waals surface area (Å²) >= 11 is 3.52. The van der Waals surface area contributed by atoms with E-state index in [1.807, 2.05) is 0 Å². The molecule has 0 bridgehead atoms. The van der Waals surface area contributed by atoms with E-state index < -0.39 is 0 Å². The SMILES string of the molecule is CCCCCCCC1CCc2cc(Br)ccc2O1. The molecule has 0 fully saturated rings. The Morgan fingerprint density at radius 3 is 2.89 bits per heavy atom. The largest absolute Gasteiger partial charge is 0.490 e.